The molecule has 0 amide bonds. The van der Waals surface area contributed by atoms with Crippen molar-refractivity contribution >= 4 is 105 Å². The van der Waals surface area contributed by atoms with Gasteiger partial charge in [-0.1, -0.05) is 48.2 Å². The van der Waals surface area contributed by atoms with E-state index in [1.807, 2.05) is 48.2 Å². The Kier molecular flexibility index (Phi) is 1110. The Morgan fingerprint density at radius 2 is 0.417 bits per heavy atom. The Labute approximate surface area is 151 Å². The van der Waals surface area contributed by atoms with Crippen LogP contribution in [-0.2, 0) is 0 Å². The second kappa shape index (κ2) is 228. The van der Waals surface area contributed by atoms with Crippen molar-refractivity contribution in [2.24, 2.45) is 0 Å². The zero-order valence-electron chi connectivity index (χ0n) is 9.21. The number of hydrogen-bond donors (Lipinski definition) is 0. The van der Waals surface area contributed by atoms with Crippen molar-refractivity contribution in [1.29, 1.82) is 0 Å². The smallest absolute Gasteiger partial charge is 0.0500 e. The highest BCUT2D eigenvalue weighted by atomic mass is 127. The van der Waals surface area contributed by atoms with E-state index < -0.39 is 0 Å². The Morgan fingerprint density at radius 3 is 0.417 bits per heavy atom. The van der Waals surface area contributed by atoms with Crippen LogP contribution >= 0.6 is 105 Å². The van der Waals surface area contributed by atoms with E-state index in [1.165, 1.54) is 0 Å². The second-order valence-electron chi connectivity index (χ2n) is 0. The van der Waals surface area contributed by atoms with Gasteiger partial charge in [-0.05, 0) is 0 Å². The molecule has 0 rings (SSSR count). The van der Waals surface area contributed by atoms with Gasteiger partial charge in [-0.15, -0.1) is 105 Å². The quantitative estimate of drug-likeness (QED) is 0.222. The van der Waals surface area contributed by atoms with E-state index in [4.69, 9.17) is 0 Å². The molecule has 12 heavy (non-hydrogen) atoms. The van der Waals surface area contributed by atoms with E-state index >= 15 is 0 Å². The second-order valence-corrected chi connectivity index (χ2v) is 0. The van der Waals surface area contributed by atoms with Gasteiger partial charge in [0, 0.05) is 0 Å². The molecule has 0 heterocycles. The summed E-state index contributed by atoms with van der Waals surface area (Å²) < 4.78 is 0. The van der Waals surface area contributed by atoms with E-state index in [0.717, 1.165) is 0 Å². The summed E-state index contributed by atoms with van der Waals surface area (Å²) in [5, 5.41) is 0. The largest absolute Gasteiger partial charge is 0.141 e. The molecular formula is C7H27I4P. The SMILES string of the molecule is CC.CC.CC.CP.I.I.I.I. The summed E-state index contributed by atoms with van der Waals surface area (Å²) in [7, 11) is 2.42. The summed E-state index contributed by atoms with van der Waals surface area (Å²) in [5.74, 6) is 0. The van der Waals surface area contributed by atoms with E-state index in [1.54, 1.807) is 0 Å². The first-order valence-electron chi connectivity index (χ1n) is 3.58. The fourth-order valence-corrected chi connectivity index (χ4v) is 0. The molecular weight excluding hydrogens is 623 g/mol. The summed E-state index contributed by atoms with van der Waals surface area (Å²) in [5.41, 5.74) is 0. The highest BCUT2D eigenvalue weighted by Crippen LogP contribution is 1.46. The first kappa shape index (κ1) is 58.5. The van der Waals surface area contributed by atoms with Gasteiger partial charge in [0.25, 0.3) is 0 Å². The molecule has 0 N–H and O–H groups in total. The van der Waals surface area contributed by atoms with E-state index in [0.29, 0.717) is 0 Å². The topological polar surface area (TPSA) is 0 Å². The molecule has 0 bridgehead atoms. The van der Waals surface area contributed by atoms with Gasteiger partial charge in [-0.2, -0.15) is 0 Å². The summed E-state index contributed by atoms with van der Waals surface area (Å²) in [6, 6.07) is 0. The van der Waals surface area contributed by atoms with Crippen LogP contribution in [0.25, 0.3) is 0 Å². The summed E-state index contributed by atoms with van der Waals surface area (Å²) in [4.78, 5) is 0. The molecule has 1 atom stereocenters. The van der Waals surface area contributed by atoms with Gasteiger partial charge in [0.05, 0.1) is 0 Å². The lowest BCUT2D eigenvalue weighted by molar-refractivity contribution is 1.50. The average Bonchev–Trinajstić information content (AvgIpc) is 2.03. The standard InChI is InChI=1S/3C2H6.CH5P.4HI/c4*1-2;;;;/h3*1-2H3;2H2,1H3;4*1H. The van der Waals surface area contributed by atoms with Crippen molar-refractivity contribution in [1.82, 2.24) is 0 Å². The Bertz CT molecular complexity index is 15.4. The van der Waals surface area contributed by atoms with Crippen LogP contribution in [0.1, 0.15) is 41.5 Å². The lowest BCUT2D eigenvalue weighted by atomic mass is 11.0. The first-order chi connectivity index (χ1) is 4.00. The summed E-state index contributed by atoms with van der Waals surface area (Å²) in [6.07, 6.45) is 0. The molecule has 1 unspecified atom stereocenters. The third-order valence-electron chi connectivity index (χ3n) is 0. The van der Waals surface area contributed by atoms with Gasteiger partial charge in [-0.25, -0.2) is 0 Å². The highest BCUT2D eigenvalue weighted by Gasteiger charge is 0.936. The van der Waals surface area contributed by atoms with E-state index in [2.05, 4.69) is 9.24 Å². The van der Waals surface area contributed by atoms with Crippen molar-refractivity contribution < 1.29 is 0 Å². The Morgan fingerprint density at radius 1 is 0.417 bits per heavy atom. The fraction of sp³-hybridized carbons (Fsp3) is 1.00. The van der Waals surface area contributed by atoms with Gasteiger partial charge in [-0.3, -0.25) is 0 Å². The molecule has 0 fully saturated rings. The van der Waals surface area contributed by atoms with Gasteiger partial charge in [0.1, 0.15) is 0 Å². The van der Waals surface area contributed by atoms with Crippen LogP contribution in [0.15, 0.2) is 0 Å². The molecule has 0 aromatic heterocycles. The number of hydrogen-bond acceptors (Lipinski definition) is 0. The van der Waals surface area contributed by atoms with Gasteiger partial charge < -0.3 is 0 Å². The maximum Gasteiger partial charge on any atom is -0.0500 e. The Balaban J connectivity index is -0.00000000267. The van der Waals surface area contributed by atoms with Gasteiger partial charge in [0.15, 0.2) is 0 Å². The molecule has 0 radical (unpaired) electrons. The predicted octanol–water partition coefficient (Wildman–Crippen LogP) is 6.04. The minimum absolute atomic E-state index is 0. The number of halogens is 4. The van der Waals surface area contributed by atoms with Crippen molar-refractivity contribution in [2.75, 3.05) is 6.66 Å². The first-order valence-corrected chi connectivity index (χ1v) is 4.73. The molecule has 0 spiro atoms. The lowest BCUT2D eigenvalue weighted by Gasteiger charge is -1.10. The van der Waals surface area contributed by atoms with Crippen LogP contribution < -0.4 is 0 Å². The molecule has 0 saturated carbocycles. The fourth-order valence-electron chi connectivity index (χ4n) is 0. The molecule has 0 aliphatic carbocycles. The van der Waals surface area contributed by atoms with Crippen molar-refractivity contribution in [3.63, 3.8) is 0 Å². The molecule has 88 valence electrons. The van der Waals surface area contributed by atoms with Crippen LogP contribution in [0.2, 0.25) is 0 Å². The van der Waals surface area contributed by atoms with Crippen molar-refractivity contribution in [3.8, 4) is 0 Å². The van der Waals surface area contributed by atoms with Crippen LogP contribution in [0.4, 0.5) is 0 Å². The van der Waals surface area contributed by atoms with Crippen LogP contribution in [0.3, 0.4) is 0 Å². The average molecular weight is 650 g/mol. The maximum absolute atomic E-state index is 2.42. The third-order valence-corrected chi connectivity index (χ3v) is 0. The molecule has 0 nitrogen and oxygen atoms in total. The molecule has 0 aromatic carbocycles. The lowest BCUT2D eigenvalue weighted by Crippen LogP contribution is -0.856. The van der Waals surface area contributed by atoms with Crippen LogP contribution in [-0.4, -0.2) is 6.66 Å². The van der Waals surface area contributed by atoms with Crippen molar-refractivity contribution in [3.05, 3.63) is 0 Å². The van der Waals surface area contributed by atoms with E-state index in [-0.39, 0.29) is 95.9 Å². The van der Waals surface area contributed by atoms with Crippen LogP contribution in [0.5, 0.6) is 0 Å². The molecule has 0 aliphatic heterocycles. The Hall–Kier alpha value is 3.35. The maximum atomic E-state index is 2.42. The minimum atomic E-state index is 0. The van der Waals surface area contributed by atoms with Crippen molar-refractivity contribution in [2.45, 2.75) is 41.5 Å². The van der Waals surface area contributed by atoms with Gasteiger partial charge in [0.2, 0.25) is 0 Å². The third kappa shape index (κ3) is 181. The molecule has 0 aromatic rings. The molecule has 5 heteroatoms. The zero-order valence-corrected chi connectivity index (χ0v) is 19.7. The normalized spacial score (nSPS) is 2.00. The zero-order chi connectivity index (χ0) is 8.00. The van der Waals surface area contributed by atoms with Gasteiger partial charge >= 0.3 is 0 Å². The molecule has 0 saturated heterocycles. The predicted molar refractivity (Wildman–Crippen MR) is 111 cm³/mol. The summed E-state index contributed by atoms with van der Waals surface area (Å²) >= 11 is 0. The monoisotopic (exact) mass is 650 g/mol. The minimum Gasteiger partial charge on any atom is -0.141 e. The van der Waals surface area contributed by atoms with E-state index in [9.17, 15) is 0 Å². The molecule has 0 aliphatic rings. The highest BCUT2D eigenvalue weighted by molar-refractivity contribution is 14.0. The van der Waals surface area contributed by atoms with Crippen LogP contribution in [0, 0.1) is 0 Å². The summed E-state index contributed by atoms with van der Waals surface area (Å²) in [6.45, 7) is 13.9. The number of rotatable bonds is 0.